The number of hydrogen-bond donors (Lipinski definition) is 2. The van der Waals surface area contributed by atoms with E-state index in [0.29, 0.717) is 18.5 Å². The van der Waals surface area contributed by atoms with Crippen molar-refractivity contribution in [3.63, 3.8) is 0 Å². The minimum atomic E-state index is -3.14. The van der Waals surface area contributed by atoms with Crippen LogP contribution >= 0.6 is 24.0 Å². The molecule has 0 radical (unpaired) electrons. The van der Waals surface area contributed by atoms with Gasteiger partial charge in [-0.05, 0) is 33.1 Å². The fourth-order valence-electron chi connectivity index (χ4n) is 1.43. The van der Waals surface area contributed by atoms with Crippen LogP contribution in [0.4, 0.5) is 0 Å². The molecule has 2 N–H and O–H groups in total. The molecule has 140 valence electrons. The van der Waals surface area contributed by atoms with Crippen LogP contribution in [-0.4, -0.2) is 58.2 Å². The maximum atomic E-state index is 11.7. The van der Waals surface area contributed by atoms with E-state index >= 15 is 0 Å². The SMILES string of the molecule is CCNC(=NCC(C)(C)S(C)(=O)=O)NCCCOCC(C)C.I. The first-order chi connectivity index (χ1) is 10.1. The Morgan fingerprint density at radius 3 is 2.35 bits per heavy atom. The molecule has 0 aromatic carbocycles. The van der Waals surface area contributed by atoms with E-state index in [2.05, 4.69) is 29.5 Å². The van der Waals surface area contributed by atoms with Gasteiger partial charge in [-0.25, -0.2) is 8.42 Å². The lowest BCUT2D eigenvalue weighted by Crippen LogP contribution is -2.41. The number of sulfone groups is 1. The lowest BCUT2D eigenvalue weighted by molar-refractivity contribution is 0.108. The molecule has 0 saturated carbocycles. The van der Waals surface area contributed by atoms with Crippen molar-refractivity contribution in [2.24, 2.45) is 10.9 Å². The Morgan fingerprint density at radius 2 is 1.87 bits per heavy atom. The fraction of sp³-hybridized carbons (Fsp3) is 0.933. The van der Waals surface area contributed by atoms with E-state index in [1.165, 1.54) is 6.26 Å². The molecule has 23 heavy (non-hydrogen) atoms. The summed E-state index contributed by atoms with van der Waals surface area (Å²) in [5.74, 6) is 1.19. The Balaban J connectivity index is 0. The van der Waals surface area contributed by atoms with Crippen molar-refractivity contribution in [2.45, 2.75) is 45.8 Å². The van der Waals surface area contributed by atoms with Crippen molar-refractivity contribution in [3.05, 3.63) is 0 Å². The van der Waals surface area contributed by atoms with E-state index in [1.807, 2.05) is 6.92 Å². The van der Waals surface area contributed by atoms with Crippen LogP contribution in [-0.2, 0) is 14.6 Å². The molecule has 0 atom stereocenters. The Morgan fingerprint density at radius 1 is 1.26 bits per heavy atom. The topological polar surface area (TPSA) is 79.8 Å². The predicted molar refractivity (Wildman–Crippen MR) is 109 cm³/mol. The summed E-state index contributed by atoms with van der Waals surface area (Å²) in [5.41, 5.74) is 0. The summed E-state index contributed by atoms with van der Waals surface area (Å²) in [4.78, 5) is 4.37. The van der Waals surface area contributed by atoms with Gasteiger partial charge in [-0.2, -0.15) is 0 Å². The van der Waals surface area contributed by atoms with Gasteiger partial charge in [-0.3, -0.25) is 4.99 Å². The summed E-state index contributed by atoms with van der Waals surface area (Å²) in [6, 6.07) is 0. The van der Waals surface area contributed by atoms with E-state index in [1.54, 1.807) is 13.8 Å². The van der Waals surface area contributed by atoms with E-state index in [0.717, 1.165) is 26.1 Å². The molecule has 0 bridgehead atoms. The van der Waals surface area contributed by atoms with Crippen LogP contribution in [0.15, 0.2) is 4.99 Å². The number of nitrogens with one attached hydrogen (secondary N) is 2. The Hall–Kier alpha value is -0.0900. The van der Waals surface area contributed by atoms with Gasteiger partial charge >= 0.3 is 0 Å². The predicted octanol–water partition coefficient (Wildman–Crippen LogP) is 2.05. The first-order valence-electron chi connectivity index (χ1n) is 7.89. The van der Waals surface area contributed by atoms with Gasteiger partial charge in [0.1, 0.15) is 0 Å². The molecule has 0 aromatic heterocycles. The maximum Gasteiger partial charge on any atom is 0.191 e. The normalized spacial score (nSPS) is 12.9. The maximum absolute atomic E-state index is 11.7. The third kappa shape index (κ3) is 12.0. The van der Waals surface area contributed by atoms with Gasteiger partial charge in [-0.1, -0.05) is 13.8 Å². The number of aliphatic imine (C=N–C) groups is 1. The molecule has 0 rings (SSSR count). The fourth-order valence-corrected chi connectivity index (χ4v) is 1.73. The molecule has 0 saturated heterocycles. The molecule has 8 heteroatoms. The van der Waals surface area contributed by atoms with Crippen molar-refractivity contribution in [3.8, 4) is 0 Å². The smallest absolute Gasteiger partial charge is 0.191 e. The van der Waals surface area contributed by atoms with Crippen molar-refractivity contribution in [1.29, 1.82) is 0 Å². The highest BCUT2D eigenvalue weighted by atomic mass is 127. The molecule has 0 aliphatic rings. The van der Waals surface area contributed by atoms with E-state index < -0.39 is 14.6 Å². The van der Waals surface area contributed by atoms with Crippen LogP contribution in [0.3, 0.4) is 0 Å². The van der Waals surface area contributed by atoms with E-state index in [9.17, 15) is 8.42 Å². The molecule has 0 heterocycles. The molecule has 0 fully saturated rings. The largest absolute Gasteiger partial charge is 0.381 e. The highest BCUT2D eigenvalue weighted by Crippen LogP contribution is 2.14. The zero-order valence-corrected chi connectivity index (χ0v) is 18.5. The summed E-state index contributed by atoms with van der Waals surface area (Å²) in [7, 11) is -3.14. The van der Waals surface area contributed by atoms with Crippen LogP contribution in [0.1, 0.15) is 41.0 Å². The third-order valence-electron chi connectivity index (χ3n) is 3.18. The number of rotatable bonds is 10. The van der Waals surface area contributed by atoms with Crippen LogP contribution in [0.5, 0.6) is 0 Å². The van der Waals surface area contributed by atoms with Crippen LogP contribution in [0, 0.1) is 5.92 Å². The highest BCUT2D eigenvalue weighted by molar-refractivity contribution is 14.0. The van der Waals surface area contributed by atoms with Gasteiger partial charge in [0.2, 0.25) is 0 Å². The summed E-state index contributed by atoms with van der Waals surface area (Å²) in [5, 5.41) is 6.32. The molecular formula is C15H34IN3O3S. The number of nitrogens with zero attached hydrogens (tertiary/aromatic N) is 1. The third-order valence-corrected chi connectivity index (χ3v) is 5.31. The highest BCUT2D eigenvalue weighted by Gasteiger charge is 2.29. The molecule has 6 nitrogen and oxygen atoms in total. The zero-order chi connectivity index (χ0) is 17.2. The van der Waals surface area contributed by atoms with Crippen molar-refractivity contribution >= 4 is 39.8 Å². The monoisotopic (exact) mass is 463 g/mol. The quantitative estimate of drug-likeness (QED) is 0.224. The molecule has 0 amide bonds. The Labute approximate surface area is 159 Å². The molecule has 0 unspecified atom stereocenters. The summed E-state index contributed by atoms with van der Waals surface area (Å²) in [6.07, 6.45) is 2.13. The molecule has 0 aliphatic heterocycles. The van der Waals surface area contributed by atoms with Crippen molar-refractivity contribution in [1.82, 2.24) is 10.6 Å². The van der Waals surface area contributed by atoms with Crippen molar-refractivity contribution < 1.29 is 13.2 Å². The summed E-state index contributed by atoms with van der Waals surface area (Å²) in [6.45, 7) is 12.8. The average molecular weight is 463 g/mol. The van der Waals surface area contributed by atoms with Crippen LogP contribution in [0.25, 0.3) is 0 Å². The second kappa shape index (κ2) is 12.3. The second-order valence-electron chi connectivity index (χ2n) is 6.48. The Kier molecular flexibility index (Phi) is 13.4. The first kappa shape index (κ1) is 25.2. The van der Waals surface area contributed by atoms with Gasteiger partial charge in [0.05, 0.1) is 11.3 Å². The Bertz CT molecular complexity index is 437. The van der Waals surface area contributed by atoms with Gasteiger partial charge in [0.15, 0.2) is 15.8 Å². The summed E-state index contributed by atoms with van der Waals surface area (Å²) < 4.78 is 28.0. The molecule has 0 aromatic rings. The van der Waals surface area contributed by atoms with Gasteiger partial charge in [-0.15, -0.1) is 24.0 Å². The van der Waals surface area contributed by atoms with Crippen molar-refractivity contribution in [2.75, 3.05) is 39.1 Å². The lowest BCUT2D eigenvalue weighted by Gasteiger charge is -2.21. The van der Waals surface area contributed by atoms with Gasteiger partial charge in [0, 0.05) is 32.6 Å². The number of guanidine groups is 1. The van der Waals surface area contributed by atoms with E-state index in [-0.39, 0.29) is 30.5 Å². The summed E-state index contributed by atoms with van der Waals surface area (Å²) >= 11 is 0. The van der Waals surface area contributed by atoms with Gasteiger partial charge in [0.25, 0.3) is 0 Å². The van der Waals surface area contributed by atoms with E-state index in [4.69, 9.17) is 4.74 Å². The molecular weight excluding hydrogens is 429 g/mol. The minimum Gasteiger partial charge on any atom is -0.381 e. The van der Waals surface area contributed by atoms with Crippen LogP contribution < -0.4 is 10.6 Å². The molecule has 0 spiro atoms. The lowest BCUT2D eigenvalue weighted by atomic mass is 10.2. The second-order valence-corrected chi connectivity index (χ2v) is 9.13. The average Bonchev–Trinajstić information content (AvgIpc) is 2.38. The minimum absolute atomic E-state index is 0. The van der Waals surface area contributed by atoms with Crippen LogP contribution in [0.2, 0.25) is 0 Å². The zero-order valence-electron chi connectivity index (χ0n) is 15.3. The number of ether oxygens (including phenoxy) is 1. The number of hydrogen-bond acceptors (Lipinski definition) is 4. The van der Waals surface area contributed by atoms with Gasteiger partial charge < -0.3 is 15.4 Å². The molecule has 0 aliphatic carbocycles. The standard InChI is InChI=1S/C15H33N3O3S.HI/c1-7-16-14(17-9-8-10-21-11-13(2)3)18-12-15(4,5)22(6,19)20;/h13H,7-12H2,1-6H3,(H2,16,17,18);1H. The first-order valence-corrected chi connectivity index (χ1v) is 9.79. The number of halogens is 1.